The van der Waals surface area contributed by atoms with Crippen molar-refractivity contribution in [3.05, 3.63) is 29.8 Å². The molecule has 4 rings (SSSR count). The molecular weight excluding hydrogens is 515 g/mol. The third-order valence-corrected chi connectivity index (χ3v) is 6.87. The molecular formula is C25H39IN4O2. The summed E-state index contributed by atoms with van der Waals surface area (Å²) in [7, 11) is 0. The normalized spacial score (nSPS) is 22.1. The molecule has 1 aromatic carbocycles. The number of halogens is 1. The first kappa shape index (κ1) is 25.1. The number of rotatable bonds is 7. The highest BCUT2D eigenvalue weighted by Crippen LogP contribution is 2.28. The van der Waals surface area contributed by atoms with Gasteiger partial charge in [0.05, 0.1) is 12.6 Å². The predicted octanol–water partition coefficient (Wildman–Crippen LogP) is 4.47. The number of guanidine groups is 1. The lowest BCUT2D eigenvalue weighted by Gasteiger charge is -2.27. The number of hydrogen-bond acceptors (Lipinski definition) is 3. The SMILES string of the molecule is CCNC(=NCc1ccccc1OC1CCC1)NC1CCN(C(=O)C2CCCCC2)C1.I. The van der Waals surface area contributed by atoms with Crippen LogP contribution in [0.25, 0.3) is 0 Å². The van der Waals surface area contributed by atoms with Crippen LogP contribution in [0.4, 0.5) is 0 Å². The molecule has 0 radical (unpaired) electrons. The van der Waals surface area contributed by atoms with Gasteiger partial charge in [-0.2, -0.15) is 0 Å². The van der Waals surface area contributed by atoms with E-state index < -0.39 is 0 Å². The maximum absolute atomic E-state index is 12.9. The average molecular weight is 555 g/mol. The zero-order valence-corrected chi connectivity index (χ0v) is 21.7. The number of para-hydroxylation sites is 1. The molecule has 1 aliphatic heterocycles. The fourth-order valence-corrected chi connectivity index (χ4v) is 4.78. The molecule has 2 saturated carbocycles. The third kappa shape index (κ3) is 6.75. The lowest BCUT2D eigenvalue weighted by Crippen LogP contribution is -2.45. The van der Waals surface area contributed by atoms with Crippen LogP contribution in [-0.2, 0) is 11.3 Å². The molecule has 1 heterocycles. The Morgan fingerprint density at radius 1 is 1.09 bits per heavy atom. The fraction of sp³-hybridized carbons (Fsp3) is 0.680. The number of ether oxygens (including phenoxy) is 1. The zero-order valence-electron chi connectivity index (χ0n) is 19.4. The summed E-state index contributed by atoms with van der Waals surface area (Å²) >= 11 is 0. The molecule has 0 spiro atoms. The molecule has 1 atom stereocenters. The van der Waals surface area contributed by atoms with Gasteiger partial charge >= 0.3 is 0 Å². The number of benzene rings is 1. The topological polar surface area (TPSA) is 66.0 Å². The summed E-state index contributed by atoms with van der Waals surface area (Å²) in [6, 6.07) is 8.48. The van der Waals surface area contributed by atoms with Crippen molar-refractivity contribution in [1.29, 1.82) is 0 Å². The van der Waals surface area contributed by atoms with Gasteiger partial charge in [-0.25, -0.2) is 4.99 Å². The van der Waals surface area contributed by atoms with Crippen LogP contribution >= 0.6 is 24.0 Å². The van der Waals surface area contributed by atoms with E-state index in [-0.39, 0.29) is 35.9 Å². The largest absolute Gasteiger partial charge is 0.490 e. The Hall–Kier alpha value is -1.51. The summed E-state index contributed by atoms with van der Waals surface area (Å²) in [5.74, 6) is 2.39. The van der Waals surface area contributed by atoms with E-state index in [4.69, 9.17) is 9.73 Å². The van der Waals surface area contributed by atoms with Crippen LogP contribution in [0.3, 0.4) is 0 Å². The molecule has 1 amide bonds. The monoisotopic (exact) mass is 554 g/mol. The van der Waals surface area contributed by atoms with Crippen molar-refractivity contribution in [2.75, 3.05) is 19.6 Å². The second-order valence-electron chi connectivity index (χ2n) is 9.22. The van der Waals surface area contributed by atoms with Crippen LogP contribution in [0.15, 0.2) is 29.3 Å². The molecule has 0 aromatic heterocycles. The molecule has 3 fully saturated rings. The highest BCUT2D eigenvalue weighted by atomic mass is 127. The molecule has 0 bridgehead atoms. The second-order valence-corrected chi connectivity index (χ2v) is 9.22. The lowest BCUT2D eigenvalue weighted by molar-refractivity contribution is -0.135. The van der Waals surface area contributed by atoms with Crippen LogP contribution < -0.4 is 15.4 Å². The number of likely N-dealkylation sites (tertiary alicyclic amines) is 1. The lowest BCUT2D eigenvalue weighted by atomic mass is 9.88. The fourth-order valence-electron chi connectivity index (χ4n) is 4.78. The van der Waals surface area contributed by atoms with Crippen molar-refractivity contribution < 1.29 is 9.53 Å². The molecule has 3 aliphatic rings. The van der Waals surface area contributed by atoms with Crippen LogP contribution in [0.1, 0.15) is 70.3 Å². The van der Waals surface area contributed by atoms with Crippen molar-refractivity contribution in [2.24, 2.45) is 10.9 Å². The van der Waals surface area contributed by atoms with Gasteiger partial charge in [0, 0.05) is 37.2 Å². The highest BCUT2D eigenvalue weighted by Gasteiger charge is 2.31. The van der Waals surface area contributed by atoms with E-state index in [1.807, 2.05) is 12.1 Å². The van der Waals surface area contributed by atoms with E-state index >= 15 is 0 Å². The van der Waals surface area contributed by atoms with E-state index in [2.05, 4.69) is 34.6 Å². The van der Waals surface area contributed by atoms with Crippen molar-refractivity contribution >= 4 is 35.8 Å². The molecule has 32 heavy (non-hydrogen) atoms. The summed E-state index contributed by atoms with van der Waals surface area (Å²) in [4.78, 5) is 19.8. The number of carbonyl (C=O) groups is 1. The number of carbonyl (C=O) groups excluding carboxylic acids is 1. The minimum atomic E-state index is 0. The van der Waals surface area contributed by atoms with Crippen LogP contribution in [0.2, 0.25) is 0 Å². The number of aliphatic imine (C=N–C) groups is 1. The minimum Gasteiger partial charge on any atom is -0.490 e. The molecule has 2 N–H and O–H groups in total. The van der Waals surface area contributed by atoms with Gasteiger partial charge in [0.2, 0.25) is 5.91 Å². The average Bonchev–Trinajstić information content (AvgIpc) is 3.24. The molecule has 2 aliphatic carbocycles. The standard InChI is InChI=1S/C25H38N4O2.HI/c1-2-26-25(27-17-20-11-6-7-14-23(20)31-22-12-8-13-22)28-21-15-16-29(18-21)24(30)19-9-4-3-5-10-19;/h6-7,11,14,19,21-22H,2-5,8-10,12-13,15-18H2,1H3,(H2,26,27,28);1H. The van der Waals surface area contributed by atoms with Crippen molar-refractivity contribution in [1.82, 2.24) is 15.5 Å². The minimum absolute atomic E-state index is 0. The van der Waals surface area contributed by atoms with Crippen LogP contribution in [0, 0.1) is 5.92 Å². The number of nitrogens with zero attached hydrogens (tertiary/aromatic N) is 2. The first-order valence-electron chi connectivity index (χ1n) is 12.3. The summed E-state index contributed by atoms with van der Waals surface area (Å²) in [6.45, 7) is 5.10. The van der Waals surface area contributed by atoms with Gasteiger partial charge in [0.15, 0.2) is 5.96 Å². The predicted molar refractivity (Wildman–Crippen MR) is 140 cm³/mol. The van der Waals surface area contributed by atoms with Crippen molar-refractivity contribution in [3.63, 3.8) is 0 Å². The van der Waals surface area contributed by atoms with E-state index in [1.165, 1.54) is 25.7 Å². The molecule has 1 unspecified atom stereocenters. The van der Waals surface area contributed by atoms with Gasteiger partial charge < -0.3 is 20.3 Å². The van der Waals surface area contributed by atoms with Gasteiger partial charge in [-0.1, -0.05) is 37.5 Å². The highest BCUT2D eigenvalue weighted by molar-refractivity contribution is 14.0. The first-order chi connectivity index (χ1) is 15.2. The molecule has 178 valence electrons. The van der Waals surface area contributed by atoms with Gasteiger partial charge in [0.1, 0.15) is 5.75 Å². The summed E-state index contributed by atoms with van der Waals surface area (Å²) < 4.78 is 6.15. The Bertz CT molecular complexity index is 762. The number of nitrogens with one attached hydrogen (secondary N) is 2. The number of amides is 1. The summed E-state index contributed by atoms with van der Waals surface area (Å²) in [6.07, 6.45) is 10.7. The maximum Gasteiger partial charge on any atom is 0.225 e. The Balaban J connectivity index is 0.00000289. The second kappa shape index (κ2) is 12.7. The maximum atomic E-state index is 12.9. The van der Waals surface area contributed by atoms with E-state index in [9.17, 15) is 4.79 Å². The third-order valence-electron chi connectivity index (χ3n) is 6.87. The molecule has 6 nitrogen and oxygen atoms in total. The van der Waals surface area contributed by atoms with Crippen LogP contribution in [0.5, 0.6) is 5.75 Å². The Labute approximate surface area is 210 Å². The van der Waals surface area contributed by atoms with Crippen molar-refractivity contribution in [3.8, 4) is 5.75 Å². The Morgan fingerprint density at radius 3 is 2.59 bits per heavy atom. The first-order valence-corrected chi connectivity index (χ1v) is 12.3. The Kier molecular flexibility index (Phi) is 9.93. The Morgan fingerprint density at radius 2 is 1.88 bits per heavy atom. The summed E-state index contributed by atoms with van der Waals surface area (Å²) in [5.41, 5.74) is 1.12. The smallest absolute Gasteiger partial charge is 0.225 e. The van der Waals surface area contributed by atoms with Crippen molar-refractivity contribution in [2.45, 2.75) is 83.4 Å². The van der Waals surface area contributed by atoms with E-state index in [1.54, 1.807) is 0 Å². The van der Waals surface area contributed by atoms with Gasteiger partial charge in [-0.3, -0.25) is 4.79 Å². The van der Waals surface area contributed by atoms with Gasteiger partial charge in [-0.05, 0) is 51.5 Å². The van der Waals surface area contributed by atoms with E-state index in [0.717, 1.165) is 69.0 Å². The summed E-state index contributed by atoms with van der Waals surface area (Å²) in [5, 5.41) is 6.93. The zero-order chi connectivity index (χ0) is 21.5. The molecule has 7 heteroatoms. The van der Waals surface area contributed by atoms with E-state index in [0.29, 0.717) is 18.6 Å². The molecule has 1 aromatic rings. The molecule has 1 saturated heterocycles. The number of hydrogen-bond donors (Lipinski definition) is 2. The quantitative estimate of drug-likeness (QED) is 0.297. The van der Waals surface area contributed by atoms with Gasteiger partial charge in [0.25, 0.3) is 0 Å². The van der Waals surface area contributed by atoms with Crippen LogP contribution in [-0.4, -0.2) is 48.5 Å². The van der Waals surface area contributed by atoms with Gasteiger partial charge in [-0.15, -0.1) is 24.0 Å².